The number of carbonyl (C=O) groups excluding carboxylic acids is 1. The average Bonchev–Trinajstić information content (AvgIpc) is 3.19. The molecule has 1 aliphatic rings. The van der Waals surface area contributed by atoms with Crippen molar-refractivity contribution in [3.05, 3.63) is 40.4 Å². The molecule has 3 heterocycles. The van der Waals surface area contributed by atoms with Crippen LogP contribution in [0.4, 0.5) is 4.79 Å². The van der Waals surface area contributed by atoms with E-state index < -0.39 is 0 Å². The largest absolute Gasteiger partial charge is 0.336 e. The van der Waals surface area contributed by atoms with Crippen LogP contribution in [0, 0.1) is 6.92 Å². The molecule has 3 aromatic rings. The number of hydrogen-bond donors (Lipinski definition) is 1. The van der Waals surface area contributed by atoms with Crippen LogP contribution in [-0.4, -0.2) is 38.1 Å². The van der Waals surface area contributed by atoms with Crippen LogP contribution in [0.1, 0.15) is 36.4 Å². The van der Waals surface area contributed by atoms with Crippen LogP contribution in [-0.2, 0) is 13.0 Å². The van der Waals surface area contributed by atoms with Crippen molar-refractivity contribution < 1.29 is 4.79 Å². The molecule has 1 aromatic carbocycles. The second kappa shape index (κ2) is 6.72. The van der Waals surface area contributed by atoms with E-state index in [4.69, 9.17) is 10.1 Å². The summed E-state index contributed by atoms with van der Waals surface area (Å²) in [6.45, 7) is 7.52. The number of fused-ring (bicyclic) bond motifs is 3. The van der Waals surface area contributed by atoms with Gasteiger partial charge in [0.2, 0.25) is 4.96 Å². The van der Waals surface area contributed by atoms with Crippen molar-refractivity contribution in [1.29, 1.82) is 0 Å². The van der Waals surface area contributed by atoms with Gasteiger partial charge >= 0.3 is 6.03 Å². The van der Waals surface area contributed by atoms with E-state index in [1.807, 2.05) is 16.3 Å². The Balaban J connectivity index is 1.57. The maximum Gasteiger partial charge on any atom is 0.317 e. The number of benzene rings is 1. The van der Waals surface area contributed by atoms with E-state index in [0.717, 1.165) is 29.2 Å². The first-order valence-electron chi connectivity index (χ1n) is 9.05. The summed E-state index contributed by atoms with van der Waals surface area (Å²) < 4.78 is 1.96. The molecule has 0 aliphatic carbocycles. The van der Waals surface area contributed by atoms with Gasteiger partial charge in [-0.3, -0.25) is 0 Å². The van der Waals surface area contributed by atoms with E-state index in [2.05, 4.69) is 43.4 Å². The molecule has 1 aliphatic heterocycles. The van der Waals surface area contributed by atoms with Crippen LogP contribution in [0.5, 0.6) is 0 Å². The molecule has 0 bridgehead atoms. The summed E-state index contributed by atoms with van der Waals surface area (Å²) in [6, 6.07) is 8.49. The van der Waals surface area contributed by atoms with Gasteiger partial charge in [0.25, 0.3) is 0 Å². The van der Waals surface area contributed by atoms with E-state index in [-0.39, 0.29) is 12.1 Å². The van der Waals surface area contributed by atoms with Gasteiger partial charge in [0.1, 0.15) is 0 Å². The number of nitrogens with zero attached hydrogens (tertiary/aromatic N) is 4. The third-order valence-corrected chi connectivity index (χ3v) is 5.96. The fourth-order valence-electron chi connectivity index (χ4n) is 3.09. The van der Waals surface area contributed by atoms with Crippen molar-refractivity contribution in [3.8, 4) is 11.4 Å². The molecule has 0 saturated heterocycles. The number of aryl methyl sites for hydroxylation is 1. The lowest BCUT2D eigenvalue weighted by molar-refractivity contribution is 0.189. The molecular weight excluding hydrogens is 346 g/mol. The van der Waals surface area contributed by atoms with Gasteiger partial charge < -0.3 is 10.2 Å². The molecule has 0 unspecified atom stereocenters. The van der Waals surface area contributed by atoms with E-state index >= 15 is 0 Å². The SMILES string of the molecule is CC[C@H](C)NC(=O)N1CCc2c(sc3nc(-c4ccc(C)cc4)nn23)C1. The fourth-order valence-corrected chi connectivity index (χ4v) is 4.21. The molecule has 1 atom stereocenters. The number of thiazole rings is 1. The van der Waals surface area contributed by atoms with Gasteiger partial charge in [-0.2, -0.15) is 4.98 Å². The van der Waals surface area contributed by atoms with Crippen molar-refractivity contribution >= 4 is 22.3 Å². The summed E-state index contributed by atoms with van der Waals surface area (Å²) in [4.78, 5) is 21.0. The topological polar surface area (TPSA) is 62.5 Å². The number of nitrogens with one attached hydrogen (secondary N) is 1. The van der Waals surface area contributed by atoms with Crippen LogP contribution < -0.4 is 5.32 Å². The minimum Gasteiger partial charge on any atom is -0.336 e. The van der Waals surface area contributed by atoms with E-state index in [1.165, 1.54) is 16.1 Å². The Bertz CT molecular complexity index is 943. The highest BCUT2D eigenvalue weighted by atomic mass is 32.1. The van der Waals surface area contributed by atoms with Crippen LogP contribution in [0.3, 0.4) is 0 Å². The maximum atomic E-state index is 12.4. The van der Waals surface area contributed by atoms with E-state index in [9.17, 15) is 4.79 Å². The number of rotatable bonds is 3. The second-order valence-electron chi connectivity index (χ2n) is 6.90. The predicted octanol–water partition coefficient (Wildman–Crippen LogP) is 3.63. The second-order valence-corrected chi connectivity index (χ2v) is 7.96. The zero-order valence-electron chi connectivity index (χ0n) is 15.3. The molecule has 7 heteroatoms. The molecule has 6 nitrogen and oxygen atoms in total. The standard InChI is InChI=1S/C19H23N5OS/c1-4-13(3)20-18(25)23-10-9-15-16(11-23)26-19-21-17(22-24(15)19)14-7-5-12(2)6-8-14/h5-8,13H,4,9-11H2,1-3H3,(H,20,25)/t13-/m0/s1. The highest BCUT2D eigenvalue weighted by Crippen LogP contribution is 2.29. The Morgan fingerprint density at radius 2 is 2.12 bits per heavy atom. The number of carbonyl (C=O) groups is 1. The molecule has 2 aromatic heterocycles. The van der Waals surface area contributed by atoms with E-state index in [0.29, 0.717) is 13.1 Å². The molecule has 0 fully saturated rings. The van der Waals surface area contributed by atoms with Gasteiger partial charge in [0.15, 0.2) is 5.82 Å². The highest BCUT2D eigenvalue weighted by molar-refractivity contribution is 7.17. The monoisotopic (exact) mass is 369 g/mol. The zero-order chi connectivity index (χ0) is 18.3. The molecule has 2 amide bonds. The Hall–Kier alpha value is -2.41. The van der Waals surface area contributed by atoms with Gasteiger partial charge in [0.05, 0.1) is 12.2 Å². The molecule has 0 radical (unpaired) electrons. The van der Waals surface area contributed by atoms with Gasteiger partial charge in [0, 0.05) is 29.4 Å². The number of amides is 2. The quantitative estimate of drug-likeness (QED) is 0.767. The Labute approximate surface area is 156 Å². The van der Waals surface area contributed by atoms with E-state index in [1.54, 1.807) is 11.3 Å². The summed E-state index contributed by atoms with van der Waals surface area (Å²) >= 11 is 1.63. The first-order valence-corrected chi connectivity index (χ1v) is 9.86. The predicted molar refractivity (Wildman–Crippen MR) is 103 cm³/mol. The van der Waals surface area contributed by atoms with Crippen molar-refractivity contribution in [2.75, 3.05) is 6.54 Å². The number of hydrogen-bond acceptors (Lipinski definition) is 4. The zero-order valence-corrected chi connectivity index (χ0v) is 16.1. The lowest BCUT2D eigenvalue weighted by atomic mass is 10.1. The molecule has 0 saturated carbocycles. The van der Waals surface area contributed by atoms with Gasteiger partial charge in [-0.15, -0.1) is 5.10 Å². The third kappa shape index (κ3) is 3.07. The number of aromatic nitrogens is 3. The number of urea groups is 1. The van der Waals surface area contributed by atoms with Gasteiger partial charge in [-0.1, -0.05) is 48.1 Å². The van der Waals surface area contributed by atoms with Crippen molar-refractivity contribution in [2.24, 2.45) is 0 Å². The summed E-state index contributed by atoms with van der Waals surface area (Å²) in [5, 5.41) is 7.76. The van der Waals surface area contributed by atoms with Gasteiger partial charge in [-0.25, -0.2) is 9.31 Å². The molecular formula is C19H23N5OS. The molecule has 1 N–H and O–H groups in total. The molecule has 4 rings (SSSR count). The lowest BCUT2D eigenvalue weighted by Gasteiger charge is -2.28. The highest BCUT2D eigenvalue weighted by Gasteiger charge is 2.26. The summed E-state index contributed by atoms with van der Waals surface area (Å²) in [5.74, 6) is 0.760. The van der Waals surface area contributed by atoms with Crippen LogP contribution in [0.2, 0.25) is 0 Å². The van der Waals surface area contributed by atoms with Crippen LogP contribution >= 0.6 is 11.3 Å². The third-order valence-electron chi connectivity index (χ3n) is 4.90. The first kappa shape index (κ1) is 17.0. The molecule has 26 heavy (non-hydrogen) atoms. The average molecular weight is 369 g/mol. The fraction of sp³-hybridized carbons (Fsp3) is 0.421. The summed E-state index contributed by atoms with van der Waals surface area (Å²) in [5.41, 5.74) is 3.44. The van der Waals surface area contributed by atoms with Crippen molar-refractivity contribution in [3.63, 3.8) is 0 Å². The van der Waals surface area contributed by atoms with Crippen LogP contribution in [0.25, 0.3) is 16.3 Å². The Kier molecular flexibility index (Phi) is 4.40. The Morgan fingerprint density at radius 1 is 1.35 bits per heavy atom. The molecule has 0 spiro atoms. The lowest BCUT2D eigenvalue weighted by Crippen LogP contribution is -2.45. The summed E-state index contributed by atoms with van der Waals surface area (Å²) in [6.07, 6.45) is 1.74. The van der Waals surface area contributed by atoms with Gasteiger partial charge in [-0.05, 0) is 20.3 Å². The minimum absolute atomic E-state index is 0.0179. The summed E-state index contributed by atoms with van der Waals surface area (Å²) in [7, 11) is 0. The maximum absolute atomic E-state index is 12.4. The normalized spacial score (nSPS) is 15.1. The Morgan fingerprint density at radius 3 is 2.85 bits per heavy atom. The first-order chi connectivity index (χ1) is 12.5. The van der Waals surface area contributed by atoms with Crippen LogP contribution in [0.15, 0.2) is 24.3 Å². The molecule has 136 valence electrons. The minimum atomic E-state index is 0.0179. The van der Waals surface area contributed by atoms with Crippen molar-refractivity contribution in [2.45, 2.75) is 46.2 Å². The smallest absolute Gasteiger partial charge is 0.317 e. The van der Waals surface area contributed by atoms with Crippen molar-refractivity contribution in [1.82, 2.24) is 24.8 Å².